The average Bonchev–Trinajstić information content (AvgIpc) is 2.01. The molecule has 1 rings (SSSR count). The van der Waals surface area contributed by atoms with Crippen molar-refractivity contribution >= 4 is 0 Å². The smallest absolute Gasteiger partial charge is 0.0166 e. The third-order valence-electron chi connectivity index (χ3n) is 1.56. The fourth-order valence-electron chi connectivity index (χ4n) is 0.978. The minimum absolute atomic E-state index is 1.09. The topological polar surface area (TPSA) is 0 Å². The van der Waals surface area contributed by atoms with Crippen LogP contribution in [0, 0.1) is 0 Å². The Labute approximate surface area is 62.9 Å². The Morgan fingerprint density at radius 2 is 1.50 bits per heavy atom. The highest BCUT2D eigenvalue weighted by atomic mass is 13.9. The molecule has 0 nitrogen and oxygen atoms in total. The first-order valence-corrected chi connectivity index (χ1v) is 3.97. The van der Waals surface area contributed by atoms with E-state index in [1.165, 1.54) is 19.3 Å². The van der Waals surface area contributed by atoms with E-state index in [4.69, 9.17) is 0 Å². The Morgan fingerprint density at radius 3 is 2.50 bits per heavy atom. The number of hydrogen-bond acceptors (Lipinski definition) is 0. The van der Waals surface area contributed by atoms with E-state index < -0.39 is 0 Å². The highest BCUT2D eigenvalue weighted by molar-refractivity contribution is 5.05. The van der Waals surface area contributed by atoms with Crippen LogP contribution in [0.25, 0.3) is 0 Å². The van der Waals surface area contributed by atoms with Gasteiger partial charge in [0.15, 0.2) is 0 Å². The zero-order valence-corrected chi connectivity index (χ0v) is 6.29. The lowest BCUT2D eigenvalue weighted by molar-refractivity contribution is 0.865. The van der Waals surface area contributed by atoms with Crippen molar-refractivity contribution in [2.45, 2.75) is 25.7 Å². The van der Waals surface area contributed by atoms with E-state index >= 15 is 0 Å². The van der Waals surface area contributed by atoms with Gasteiger partial charge in [0, 0.05) is 0 Å². The van der Waals surface area contributed by atoms with Gasteiger partial charge in [0.05, 0.1) is 0 Å². The number of rotatable bonds is 0. The Morgan fingerprint density at radius 1 is 0.700 bits per heavy atom. The summed E-state index contributed by atoms with van der Waals surface area (Å²) in [6.07, 6.45) is 18.0. The lowest BCUT2D eigenvalue weighted by Crippen LogP contribution is -1.70. The van der Waals surface area contributed by atoms with Gasteiger partial charge >= 0.3 is 0 Å². The first-order chi connectivity index (χ1) is 5.00. The molecule has 0 heterocycles. The molecular formula is C10H14. The third-order valence-corrected chi connectivity index (χ3v) is 1.56. The zero-order valence-electron chi connectivity index (χ0n) is 6.29. The summed E-state index contributed by atoms with van der Waals surface area (Å²) in [5.74, 6) is 0. The predicted octanol–water partition coefficient (Wildman–Crippen LogP) is 3.23. The Hall–Kier alpha value is -0.780. The number of allylic oxidation sites excluding steroid dienone is 6. The molecule has 0 heteroatoms. The van der Waals surface area contributed by atoms with E-state index in [-0.39, 0.29) is 0 Å². The predicted molar refractivity (Wildman–Crippen MR) is 45.9 cm³/mol. The monoisotopic (exact) mass is 134 g/mol. The normalized spacial score (nSPS) is 22.4. The standard InChI is InChI=1S/C10H14/c1-2-4-6-8-10-9-7-5-3-1/h1-4,7,9H,5-6,8,10H2/b3-1?,4-2?,9-7-. The summed E-state index contributed by atoms with van der Waals surface area (Å²) in [5.41, 5.74) is 0. The molecule has 0 aromatic heterocycles. The van der Waals surface area contributed by atoms with E-state index in [0.29, 0.717) is 0 Å². The largest absolute Gasteiger partial charge is 0.0882 e. The van der Waals surface area contributed by atoms with Crippen LogP contribution < -0.4 is 0 Å². The van der Waals surface area contributed by atoms with Crippen LogP contribution in [-0.2, 0) is 0 Å². The maximum Gasteiger partial charge on any atom is -0.0166 e. The van der Waals surface area contributed by atoms with Gasteiger partial charge in [0.1, 0.15) is 0 Å². The van der Waals surface area contributed by atoms with Crippen LogP contribution in [0.3, 0.4) is 0 Å². The van der Waals surface area contributed by atoms with Gasteiger partial charge in [-0.15, -0.1) is 0 Å². The summed E-state index contributed by atoms with van der Waals surface area (Å²) in [7, 11) is 0. The molecule has 10 heavy (non-hydrogen) atoms. The summed E-state index contributed by atoms with van der Waals surface area (Å²) in [4.78, 5) is 0. The van der Waals surface area contributed by atoms with Crippen LogP contribution in [0.4, 0.5) is 0 Å². The first-order valence-electron chi connectivity index (χ1n) is 3.97. The van der Waals surface area contributed by atoms with Crippen molar-refractivity contribution in [3.05, 3.63) is 36.5 Å². The minimum Gasteiger partial charge on any atom is -0.0882 e. The van der Waals surface area contributed by atoms with Crippen molar-refractivity contribution in [1.82, 2.24) is 0 Å². The summed E-state index contributed by atoms with van der Waals surface area (Å²) in [6, 6.07) is 0. The molecule has 0 saturated carbocycles. The summed E-state index contributed by atoms with van der Waals surface area (Å²) >= 11 is 0. The molecule has 0 aliphatic heterocycles. The Bertz CT molecular complexity index is 149. The van der Waals surface area contributed by atoms with Gasteiger partial charge in [0.25, 0.3) is 0 Å². The zero-order chi connectivity index (χ0) is 7.07. The van der Waals surface area contributed by atoms with Gasteiger partial charge in [-0.3, -0.25) is 0 Å². The molecule has 0 radical (unpaired) electrons. The summed E-state index contributed by atoms with van der Waals surface area (Å²) in [6.45, 7) is 0. The molecule has 0 atom stereocenters. The minimum atomic E-state index is 1.09. The highest BCUT2D eigenvalue weighted by Gasteiger charge is 1.80. The van der Waals surface area contributed by atoms with Crippen molar-refractivity contribution in [2.24, 2.45) is 0 Å². The SMILES string of the molecule is C1=CC/C=C\CCCC=C1. The molecule has 0 saturated heterocycles. The van der Waals surface area contributed by atoms with Crippen LogP contribution in [0.1, 0.15) is 25.7 Å². The van der Waals surface area contributed by atoms with Crippen molar-refractivity contribution in [1.29, 1.82) is 0 Å². The second kappa shape index (κ2) is 5.04. The Balaban J connectivity index is 2.38. The van der Waals surface area contributed by atoms with Crippen molar-refractivity contribution < 1.29 is 0 Å². The van der Waals surface area contributed by atoms with Crippen LogP contribution >= 0.6 is 0 Å². The quantitative estimate of drug-likeness (QED) is 0.446. The van der Waals surface area contributed by atoms with Crippen molar-refractivity contribution in [2.75, 3.05) is 0 Å². The Kier molecular flexibility index (Phi) is 3.69. The molecular weight excluding hydrogens is 120 g/mol. The molecule has 0 aromatic rings. The molecule has 0 aromatic carbocycles. The van der Waals surface area contributed by atoms with Gasteiger partial charge in [-0.05, 0) is 25.7 Å². The van der Waals surface area contributed by atoms with Crippen molar-refractivity contribution in [3.8, 4) is 0 Å². The molecule has 0 amide bonds. The highest BCUT2D eigenvalue weighted by Crippen LogP contribution is 2.01. The molecule has 0 unspecified atom stereocenters. The lowest BCUT2D eigenvalue weighted by atomic mass is 10.2. The van der Waals surface area contributed by atoms with Gasteiger partial charge in [0.2, 0.25) is 0 Å². The van der Waals surface area contributed by atoms with Crippen LogP contribution in [0.2, 0.25) is 0 Å². The van der Waals surface area contributed by atoms with E-state index in [2.05, 4.69) is 36.5 Å². The third kappa shape index (κ3) is 3.29. The fourth-order valence-corrected chi connectivity index (χ4v) is 0.978. The maximum atomic E-state index is 2.27. The average molecular weight is 134 g/mol. The maximum absolute atomic E-state index is 2.27. The second-order valence-corrected chi connectivity index (χ2v) is 2.49. The molecule has 0 N–H and O–H groups in total. The molecule has 0 fully saturated rings. The van der Waals surface area contributed by atoms with Gasteiger partial charge < -0.3 is 0 Å². The van der Waals surface area contributed by atoms with Crippen molar-refractivity contribution in [3.63, 3.8) is 0 Å². The van der Waals surface area contributed by atoms with Gasteiger partial charge in [-0.1, -0.05) is 36.5 Å². The molecule has 1 aliphatic rings. The molecule has 54 valence electrons. The van der Waals surface area contributed by atoms with Gasteiger partial charge in [-0.2, -0.15) is 0 Å². The van der Waals surface area contributed by atoms with Crippen LogP contribution in [0.5, 0.6) is 0 Å². The number of hydrogen-bond donors (Lipinski definition) is 0. The lowest BCUT2D eigenvalue weighted by Gasteiger charge is -1.91. The summed E-state index contributed by atoms with van der Waals surface area (Å²) in [5, 5.41) is 0. The van der Waals surface area contributed by atoms with E-state index in [1.807, 2.05) is 0 Å². The fraction of sp³-hybridized carbons (Fsp3) is 0.400. The van der Waals surface area contributed by atoms with Crippen LogP contribution in [0.15, 0.2) is 36.5 Å². The molecule has 0 spiro atoms. The second-order valence-electron chi connectivity index (χ2n) is 2.49. The van der Waals surface area contributed by atoms with Crippen LogP contribution in [-0.4, -0.2) is 0 Å². The summed E-state index contributed by atoms with van der Waals surface area (Å²) < 4.78 is 0. The van der Waals surface area contributed by atoms with E-state index in [0.717, 1.165) is 6.42 Å². The first kappa shape index (κ1) is 7.33. The molecule has 1 aliphatic carbocycles. The van der Waals surface area contributed by atoms with E-state index in [1.54, 1.807) is 0 Å². The van der Waals surface area contributed by atoms with Gasteiger partial charge in [-0.25, -0.2) is 0 Å². The molecule has 0 bridgehead atoms. The van der Waals surface area contributed by atoms with E-state index in [9.17, 15) is 0 Å².